The molecule has 1 N–H and O–H groups in total. The van der Waals surface area contributed by atoms with Crippen LogP contribution in [0.5, 0.6) is 0 Å². The van der Waals surface area contributed by atoms with Crippen LogP contribution in [0.1, 0.15) is 23.9 Å². The summed E-state index contributed by atoms with van der Waals surface area (Å²) in [4.78, 5) is 13.1. The fraction of sp³-hybridized carbons (Fsp3) is 0.357. The summed E-state index contributed by atoms with van der Waals surface area (Å²) in [6.45, 7) is 6.06. The van der Waals surface area contributed by atoms with Crippen molar-refractivity contribution in [2.75, 3.05) is 0 Å². The Morgan fingerprint density at radius 2 is 2.00 bits per heavy atom. The number of benzene rings is 1. The van der Waals surface area contributed by atoms with Crippen LogP contribution in [0.4, 0.5) is 0 Å². The summed E-state index contributed by atoms with van der Waals surface area (Å²) >= 11 is 1.53. The average Bonchev–Trinajstić information content (AvgIpc) is 2.84. The summed E-state index contributed by atoms with van der Waals surface area (Å²) in [6.07, 6.45) is 0. The Morgan fingerprint density at radius 1 is 1.30 bits per heavy atom. The zero-order valence-corrected chi connectivity index (χ0v) is 12.5. The van der Waals surface area contributed by atoms with Gasteiger partial charge >= 0.3 is 0 Å². The predicted octanol–water partition coefficient (Wildman–Crippen LogP) is 2.48. The van der Waals surface area contributed by atoms with Crippen LogP contribution in [0.3, 0.4) is 0 Å². The molecule has 1 atom stereocenters. The number of amides is 1. The molecule has 6 heteroatoms. The summed E-state index contributed by atoms with van der Waals surface area (Å²) < 4.78 is 4.59. The minimum Gasteiger partial charge on any atom is -0.349 e. The Labute approximate surface area is 122 Å². The van der Waals surface area contributed by atoms with Crippen molar-refractivity contribution >= 4 is 17.7 Å². The average molecular weight is 291 g/mol. The molecule has 0 fully saturated rings. The van der Waals surface area contributed by atoms with Crippen molar-refractivity contribution in [3.05, 3.63) is 41.2 Å². The molecule has 0 aliphatic carbocycles. The van der Waals surface area contributed by atoms with Crippen LogP contribution >= 0.6 is 11.8 Å². The van der Waals surface area contributed by atoms with Crippen molar-refractivity contribution in [1.29, 1.82) is 0 Å². The van der Waals surface area contributed by atoms with Crippen LogP contribution in [0.25, 0.3) is 0 Å². The second kappa shape index (κ2) is 6.56. The number of nitrogens with zero attached hydrogens (tertiary/aromatic N) is 2. The Hall–Kier alpha value is -1.82. The van der Waals surface area contributed by atoms with Crippen molar-refractivity contribution in [1.82, 2.24) is 15.6 Å². The molecule has 0 bridgehead atoms. The van der Waals surface area contributed by atoms with Crippen molar-refractivity contribution in [2.24, 2.45) is 0 Å². The van der Waals surface area contributed by atoms with Gasteiger partial charge in [0.1, 0.15) is 11.4 Å². The molecule has 0 aliphatic heterocycles. The van der Waals surface area contributed by atoms with Crippen molar-refractivity contribution in [2.45, 2.75) is 37.5 Å². The highest BCUT2D eigenvalue weighted by molar-refractivity contribution is 8.00. The molecule has 0 radical (unpaired) electrons. The standard InChI is InChI=1S/C14H17N3O2S/c1-9-4-6-12(7-5-9)20-11(3)14(18)15-8-13-10(2)16-19-17-13/h4-7,11H,8H2,1-3H3,(H,15,18). The maximum atomic E-state index is 12.0. The Bertz CT molecular complexity index is 580. The molecule has 1 aromatic carbocycles. The van der Waals surface area contributed by atoms with Crippen LogP contribution in [0.15, 0.2) is 33.8 Å². The van der Waals surface area contributed by atoms with E-state index in [4.69, 9.17) is 0 Å². The number of nitrogens with one attached hydrogen (secondary N) is 1. The number of aryl methyl sites for hydroxylation is 2. The minimum absolute atomic E-state index is 0.0297. The summed E-state index contributed by atoms with van der Waals surface area (Å²) in [5, 5.41) is 10.1. The van der Waals surface area contributed by atoms with Gasteiger partial charge in [-0.15, -0.1) is 11.8 Å². The van der Waals surface area contributed by atoms with E-state index in [2.05, 4.69) is 20.3 Å². The molecular weight excluding hydrogens is 274 g/mol. The van der Waals surface area contributed by atoms with Gasteiger partial charge in [-0.3, -0.25) is 4.79 Å². The third kappa shape index (κ3) is 3.84. The summed E-state index contributed by atoms with van der Waals surface area (Å²) in [5.74, 6) is -0.0297. The molecule has 0 spiro atoms. The molecule has 1 amide bonds. The summed E-state index contributed by atoms with van der Waals surface area (Å²) in [5.41, 5.74) is 2.57. The van der Waals surface area contributed by atoms with E-state index in [1.165, 1.54) is 17.3 Å². The molecule has 1 aromatic heterocycles. The maximum absolute atomic E-state index is 12.0. The largest absolute Gasteiger partial charge is 0.349 e. The first-order valence-electron chi connectivity index (χ1n) is 6.35. The van der Waals surface area contributed by atoms with Gasteiger partial charge in [-0.1, -0.05) is 28.0 Å². The number of rotatable bonds is 5. The second-order valence-corrected chi connectivity index (χ2v) is 6.00. The van der Waals surface area contributed by atoms with E-state index in [0.29, 0.717) is 17.9 Å². The third-order valence-electron chi connectivity index (χ3n) is 2.88. The highest BCUT2D eigenvalue weighted by Crippen LogP contribution is 2.23. The van der Waals surface area contributed by atoms with E-state index in [0.717, 1.165) is 4.90 Å². The lowest BCUT2D eigenvalue weighted by molar-refractivity contribution is -0.120. The zero-order chi connectivity index (χ0) is 14.5. The second-order valence-electron chi connectivity index (χ2n) is 4.59. The molecule has 0 saturated carbocycles. The first kappa shape index (κ1) is 14.6. The number of hydrogen-bond acceptors (Lipinski definition) is 5. The van der Waals surface area contributed by atoms with Gasteiger partial charge in [-0.05, 0) is 32.9 Å². The van der Waals surface area contributed by atoms with Gasteiger partial charge in [-0.25, -0.2) is 4.63 Å². The van der Waals surface area contributed by atoms with E-state index >= 15 is 0 Å². The Morgan fingerprint density at radius 3 is 2.60 bits per heavy atom. The third-order valence-corrected chi connectivity index (χ3v) is 3.99. The van der Waals surface area contributed by atoms with Gasteiger partial charge in [0.15, 0.2) is 0 Å². The molecule has 2 aromatic rings. The van der Waals surface area contributed by atoms with Crippen LogP contribution in [0, 0.1) is 13.8 Å². The fourth-order valence-corrected chi connectivity index (χ4v) is 2.49. The number of hydrogen-bond donors (Lipinski definition) is 1. The predicted molar refractivity (Wildman–Crippen MR) is 77.4 cm³/mol. The van der Waals surface area contributed by atoms with Gasteiger partial charge in [-0.2, -0.15) is 0 Å². The smallest absolute Gasteiger partial charge is 0.233 e. The molecule has 2 rings (SSSR count). The summed E-state index contributed by atoms with van der Waals surface area (Å²) in [6, 6.07) is 8.12. The van der Waals surface area contributed by atoms with Crippen LogP contribution < -0.4 is 5.32 Å². The van der Waals surface area contributed by atoms with Gasteiger partial charge in [0.2, 0.25) is 5.91 Å². The van der Waals surface area contributed by atoms with E-state index in [1.807, 2.05) is 38.1 Å². The monoisotopic (exact) mass is 291 g/mol. The van der Waals surface area contributed by atoms with E-state index in [-0.39, 0.29) is 11.2 Å². The number of aromatic nitrogens is 2. The van der Waals surface area contributed by atoms with E-state index < -0.39 is 0 Å². The van der Waals surface area contributed by atoms with Crippen molar-refractivity contribution < 1.29 is 9.42 Å². The Balaban J connectivity index is 1.86. The lowest BCUT2D eigenvalue weighted by Gasteiger charge is -2.11. The summed E-state index contributed by atoms with van der Waals surface area (Å²) in [7, 11) is 0. The molecule has 0 saturated heterocycles. The normalized spacial score (nSPS) is 12.2. The van der Waals surface area contributed by atoms with Gasteiger partial charge < -0.3 is 5.32 Å². The highest BCUT2D eigenvalue weighted by Gasteiger charge is 2.15. The first-order valence-corrected chi connectivity index (χ1v) is 7.23. The Kier molecular flexibility index (Phi) is 4.79. The van der Waals surface area contributed by atoms with Crippen LogP contribution in [-0.2, 0) is 11.3 Å². The molecule has 0 aliphatic rings. The molecule has 5 nitrogen and oxygen atoms in total. The molecule has 1 heterocycles. The van der Waals surface area contributed by atoms with Crippen molar-refractivity contribution in [3.8, 4) is 0 Å². The van der Waals surface area contributed by atoms with Gasteiger partial charge in [0.05, 0.1) is 11.8 Å². The lowest BCUT2D eigenvalue weighted by atomic mass is 10.2. The number of thioether (sulfide) groups is 1. The quantitative estimate of drug-likeness (QED) is 0.857. The minimum atomic E-state index is -0.169. The maximum Gasteiger partial charge on any atom is 0.233 e. The highest BCUT2D eigenvalue weighted by atomic mass is 32.2. The van der Waals surface area contributed by atoms with E-state index in [9.17, 15) is 4.79 Å². The molecule has 1 unspecified atom stereocenters. The number of carbonyl (C=O) groups excluding carboxylic acids is 1. The molecule has 106 valence electrons. The molecule has 20 heavy (non-hydrogen) atoms. The van der Waals surface area contributed by atoms with E-state index in [1.54, 1.807) is 6.92 Å². The first-order chi connectivity index (χ1) is 9.56. The van der Waals surface area contributed by atoms with Crippen molar-refractivity contribution in [3.63, 3.8) is 0 Å². The number of carbonyl (C=O) groups is 1. The topological polar surface area (TPSA) is 68.0 Å². The molecular formula is C14H17N3O2S. The zero-order valence-electron chi connectivity index (χ0n) is 11.7. The van der Waals surface area contributed by atoms with Crippen LogP contribution in [-0.4, -0.2) is 21.5 Å². The fourth-order valence-electron chi connectivity index (χ4n) is 1.60. The SMILES string of the molecule is Cc1ccc(SC(C)C(=O)NCc2nonc2C)cc1. The lowest BCUT2D eigenvalue weighted by Crippen LogP contribution is -2.30. The van der Waals surface area contributed by atoms with Gasteiger partial charge in [0, 0.05) is 4.90 Å². The van der Waals surface area contributed by atoms with Crippen LogP contribution in [0.2, 0.25) is 0 Å². The van der Waals surface area contributed by atoms with Gasteiger partial charge in [0.25, 0.3) is 0 Å².